The molecule has 170 valence electrons. The predicted molar refractivity (Wildman–Crippen MR) is 143 cm³/mol. The molecule has 4 aromatic rings. The number of halogens is 1. The maximum absolute atomic E-state index is 12.0. The molecular formula is C28H23IN2O3. The molecule has 0 radical (unpaired) electrons. The van der Waals surface area contributed by atoms with Crippen LogP contribution in [0.25, 0.3) is 11.1 Å². The Morgan fingerprint density at radius 1 is 0.765 bits per heavy atom. The number of nitrogens with zero attached hydrogens (tertiary/aromatic N) is 1. The molecule has 1 amide bonds. The number of carbonyl (C=O) groups is 1. The summed E-state index contributed by atoms with van der Waals surface area (Å²) >= 11 is 2.28. The molecule has 4 rings (SSSR count). The van der Waals surface area contributed by atoms with Gasteiger partial charge in [0.15, 0.2) is 6.61 Å². The standard InChI is InChI=1S/C28H23IN2O3/c29-25-12-6-22(7-13-25)19-33-26-14-8-21(9-15-26)18-30-31-28(32)20-34-27-16-10-24(11-17-27)23-4-2-1-3-5-23/h1-18H,19-20H2,(H,31,32)/b30-18+. The second kappa shape index (κ2) is 12.0. The summed E-state index contributed by atoms with van der Waals surface area (Å²) in [5, 5.41) is 3.99. The van der Waals surface area contributed by atoms with E-state index in [2.05, 4.69) is 57.4 Å². The Balaban J connectivity index is 1.19. The van der Waals surface area contributed by atoms with Crippen molar-refractivity contribution in [1.29, 1.82) is 0 Å². The van der Waals surface area contributed by atoms with E-state index in [1.807, 2.05) is 78.9 Å². The normalized spacial score (nSPS) is 10.7. The van der Waals surface area contributed by atoms with Crippen LogP contribution in [-0.4, -0.2) is 18.7 Å². The summed E-state index contributed by atoms with van der Waals surface area (Å²) in [6.45, 7) is 0.392. The quantitative estimate of drug-likeness (QED) is 0.153. The van der Waals surface area contributed by atoms with Crippen LogP contribution < -0.4 is 14.9 Å². The van der Waals surface area contributed by atoms with Crippen molar-refractivity contribution in [2.45, 2.75) is 6.61 Å². The molecule has 0 saturated carbocycles. The minimum Gasteiger partial charge on any atom is -0.489 e. The lowest BCUT2D eigenvalue weighted by atomic mass is 10.1. The van der Waals surface area contributed by atoms with Crippen molar-refractivity contribution in [2.75, 3.05) is 6.61 Å². The number of ether oxygens (including phenoxy) is 2. The third-order valence-electron chi connectivity index (χ3n) is 4.93. The Morgan fingerprint density at radius 2 is 1.38 bits per heavy atom. The molecule has 0 saturated heterocycles. The third-order valence-corrected chi connectivity index (χ3v) is 5.65. The third kappa shape index (κ3) is 7.18. The average Bonchev–Trinajstić information content (AvgIpc) is 2.89. The van der Waals surface area contributed by atoms with Crippen LogP contribution in [0.3, 0.4) is 0 Å². The molecule has 0 aromatic heterocycles. The maximum Gasteiger partial charge on any atom is 0.277 e. The zero-order valence-electron chi connectivity index (χ0n) is 18.4. The maximum atomic E-state index is 12.0. The van der Waals surface area contributed by atoms with Crippen molar-refractivity contribution >= 4 is 34.7 Å². The van der Waals surface area contributed by atoms with Crippen molar-refractivity contribution in [3.8, 4) is 22.6 Å². The van der Waals surface area contributed by atoms with E-state index in [1.54, 1.807) is 6.21 Å². The van der Waals surface area contributed by atoms with Gasteiger partial charge in [-0.15, -0.1) is 0 Å². The molecule has 0 aliphatic rings. The summed E-state index contributed by atoms with van der Waals surface area (Å²) < 4.78 is 12.5. The number of nitrogens with one attached hydrogen (secondary N) is 1. The predicted octanol–water partition coefficient (Wildman–Crippen LogP) is 6.07. The van der Waals surface area contributed by atoms with Crippen molar-refractivity contribution in [3.63, 3.8) is 0 Å². The van der Waals surface area contributed by atoms with Gasteiger partial charge in [-0.05, 0) is 93.4 Å². The first-order valence-electron chi connectivity index (χ1n) is 10.7. The minimum absolute atomic E-state index is 0.118. The summed E-state index contributed by atoms with van der Waals surface area (Å²) in [5.41, 5.74) is 6.66. The molecule has 6 heteroatoms. The van der Waals surface area contributed by atoms with Crippen molar-refractivity contribution in [3.05, 3.63) is 118 Å². The fraction of sp³-hybridized carbons (Fsp3) is 0.0714. The molecule has 0 fully saturated rings. The zero-order valence-corrected chi connectivity index (χ0v) is 20.5. The number of hydrogen-bond acceptors (Lipinski definition) is 4. The smallest absolute Gasteiger partial charge is 0.277 e. The van der Waals surface area contributed by atoms with Gasteiger partial charge >= 0.3 is 0 Å². The fourth-order valence-corrected chi connectivity index (χ4v) is 3.49. The fourth-order valence-electron chi connectivity index (χ4n) is 3.13. The number of amides is 1. The molecular weight excluding hydrogens is 539 g/mol. The number of rotatable bonds is 9. The average molecular weight is 562 g/mol. The van der Waals surface area contributed by atoms with Crippen LogP contribution in [0.2, 0.25) is 0 Å². The molecule has 0 heterocycles. The summed E-state index contributed by atoms with van der Waals surface area (Å²) in [6, 6.07) is 33.4. The summed E-state index contributed by atoms with van der Waals surface area (Å²) in [4.78, 5) is 12.0. The van der Waals surface area contributed by atoms with E-state index < -0.39 is 0 Å². The van der Waals surface area contributed by atoms with Gasteiger partial charge in [-0.1, -0.05) is 54.6 Å². The Bertz CT molecular complexity index is 1220. The van der Waals surface area contributed by atoms with E-state index in [9.17, 15) is 4.79 Å². The van der Waals surface area contributed by atoms with Crippen molar-refractivity contribution in [1.82, 2.24) is 5.43 Å². The molecule has 0 bridgehead atoms. The van der Waals surface area contributed by atoms with Gasteiger partial charge in [0.25, 0.3) is 5.91 Å². The Kier molecular flexibility index (Phi) is 8.29. The summed E-state index contributed by atoms with van der Waals surface area (Å²) in [7, 11) is 0. The Hall–Kier alpha value is -3.65. The SMILES string of the molecule is O=C(COc1ccc(-c2ccccc2)cc1)N/N=C/c1ccc(OCc2ccc(I)cc2)cc1. The highest BCUT2D eigenvalue weighted by Crippen LogP contribution is 2.22. The van der Waals surface area contributed by atoms with E-state index in [0.717, 1.165) is 28.0 Å². The minimum atomic E-state index is -0.333. The van der Waals surface area contributed by atoms with Crippen LogP contribution in [0.4, 0.5) is 0 Å². The van der Waals surface area contributed by atoms with Gasteiger partial charge in [-0.25, -0.2) is 5.43 Å². The molecule has 5 nitrogen and oxygen atoms in total. The van der Waals surface area contributed by atoms with Gasteiger partial charge in [-0.3, -0.25) is 4.79 Å². The number of benzene rings is 4. The monoisotopic (exact) mass is 562 g/mol. The van der Waals surface area contributed by atoms with E-state index in [4.69, 9.17) is 9.47 Å². The highest BCUT2D eigenvalue weighted by atomic mass is 127. The zero-order chi connectivity index (χ0) is 23.6. The van der Waals surface area contributed by atoms with E-state index >= 15 is 0 Å². The van der Waals surface area contributed by atoms with Gasteiger partial charge in [0.1, 0.15) is 18.1 Å². The molecule has 0 spiro atoms. The lowest BCUT2D eigenvalue weighted by Gasteiger charge is -2.07. The first kappa shape index (κ1) is 23.5. The van der Waals surface area contributed by atoms with Crippen LogP contribution in [-0.2, 0) is 11.4 Å². The number of hydrogen-bond donors (Lipinski definition) is 1. The molecule has 1 N–H and O–H groups in total. The molecule has 4 aromatic carbocycles. The van der Waals surface area contributed by atoms with Crippen LogP contribution in [0, 0.1) is 3.57 Å². The van der Waals surface area contributed by atoms with Crippen LogP contribution in [0.5, 0.6) is 11.5 Å². The summed E-state index contributed by atoms with van der Waals surface area (Å²) in [5.74, 6) is 1.06. The second-order valence-electron chi connectivity index (χ2n) is 7.46. The van der Waals surface area contributed by atoms with E-state index in [1.165, 1.54) is 3.57 Å². The topological polar surface area (TPSA) is 59.9 Å². The first-order chi connectivity index (χ1) is 16.7. The second-order valence-corrected chi connectivity index (χ2v) is 8.70. The molecule has 0 unspecified atom stereocenters. The molecule has 0 atom stereocenters. The summed E-state index contributed by atoms with van der Waals surface area (Å²) in [6.07, 6.45) is 1.58. The van der Waals surface area contributed by atoms with Crippen molar-refractivity contribution in [2.24, 2.45) is 5.10 Å². The van der Waals surface area contributed by atoms with Gasteiger partial charge in [0, 0.05) is 3.57 Å². The van der Waals surface area contributed by atoms with Crippen LogP contribution in [0.15, 0.2) is 108 Å². The van der Waals surface area contributed by atoms with E-state index in [0.29, 0.717) is 12.4 Å². The Morgan fingerprint density at radius 3 is 2.09 bits per heavy atom. The highest BCUT2D eigenvalue weighted by Gasteiger charge is 2.03. The molecule has 0 aliphatic carbocycles. The number of carbonyl (C=O) groups excluding carboxylic acids is 1. The van der Waals surface area contributed by atoms with Gasteiger partial charge in [0.05, 0.1) is 6.21 Å². The van der Waals surface area contributed by atoms with Gasteiger partial charge in [-0.2, -0.15) is 5.10 Å². The molecule has 0 aliphatic heterocycles. The van der Waals surface area contributed by atoms with Crippen molar-refractivity contribution < 1.29 is 14.3 Å². The molecule has 34 heavy (non-hydrogen) atoms. The van der Waals surface area contributed by atoms with Gasteiger partial charge in [0.2, 0.25) is 0 Å². The van der Waals surface area contributed by atoms with Crippen LogP contribution in [0.1, 0.15) is 11.1 Å². The lowest BCUT2D eigenvalue weighted by Crippen LogP contribution is -2.24. The van der Waals surface area contributed by atoms with Crippen LogP contribution >= 0.6 is 22.6 Å². The largest absolute Gasteiger partial charge is 0.489 e. The highest BCUT2D eigenvalue weighted by molar-refractivity contribution is 14.1. The van der Waals surface area contributed by atoms with Gasteiger partial charge < -0.3 is 9.47 Å². The van der Waals surface area contributed by atoms with E-state index in [-0.39, 0.29) is 12.5 Å². The first-order valence-corrected chi connectivity index (χ1v) is 11.8. The number of hydrazone groups is 1. The lowest BCUT2D eigenvalue weighted by molar-refractivity contribution is -0.123. The Labute approximate surface area is 212 Å².